The lowest BCUT2D eigenvalue weighted by Crippen LogP contribution is -2.14. The molecule has 0 unspecified atom stereocenters. The Balaban J connectivity index is 0.000000123. The smallest absolute Gasteiger partial charge is 0.0641 e. The van der Waals surface area contributed by atoms with Crippen LogP contribution in [0.5, 0.6) is 0 Å². The van der Waals surface area contributed by atoms with E-state index in [0.29, 0.717) is 0 Å². The molecule has 0 aliphatic heterocycles. The van der Waals surface area contributed by atoms with Crippen molar-refractivity contribution in [3.8, 4) is 28.2 Å². The fraction of sp³-hybridized carbons (Fsp3) is 0.0370. The number of hydrogen-bond donors (Lipinski definition) is 0. The average molecular weight is 1090 g/mol. The van der Waals surface area contributed by atoms with Gasteiger partial charge in [0.2, 0.25) is 0 Å². The van der Waals surface area contributed by atoms with E-state index >= 15 is 0 Å². The lowest BCUT2D eigenvalue weighted by Gasteiger charge is -2.21. The van der Waals surface area contributed by atoms with E-state index < -0.39 is 0 Å². The van der Waals surface area contributed by atoms with Gasteiger partial charge in [-0.1, -0.05) is 190 Å². The summed E-state index contributed by atoms with van der Waals surface area (Å²) < 4.78 is 12.4. The van der Waals surface area contributed by atoms with E-state index in [4.69, 9.17) is 0 Å². The molecule has 7 aromatic heterocycles. The number of benzene rings is 13. The number of nitrogens with zero attached hydrogens (tertiary/aromatic N) is 5. The van der Waals surface area contributed by atoms with Crippen molar-refractivity contribution in [1.82, 2.24) is 22.5 Å². The topological polar surface area (TPSA) is 23.6 Å². The van der Waals surface area contributed by atoms with Crippen LogP contribution in [0, 0.1) is 0 Å². The van der Waals surface area contributed by atoms with Crippen LogP contribution in [0.3, 0.4) is 0 Å². The van der Waals surface area contributed by atoms with E-state index in [2.05, 4.69) is 309 Å². The SMILES string of the molecule is CC1(C)c2ccccc2-c2cc3c(cc21)c1cccc2c4cc5c6ccccc6n(-c6ccccc6)c5cc4n3c12.c1ccc(-n2c3ccccc3c3cc4c5cccc6c7c8c(ccc7n(c4cc32)c56)c2ccccc2n8-c2ccccc2)cc1. The van der Waals surface area contributed by atoms with E-state index in [9.17, 15) is 0 Å². The molecule has 0 atom stereocenters. The van der Waals surface area contributed by atoms with Gasteiger partial charge in [0.15, 0.2) is 0 Å². The lowest BCUT2D eigenvalue weighted by molar-refractivity contribution is 0.661. The molecule has 5 nitrogen and oxygen atoms in total. The van der Waals surface area contributed by atoms with E-state index in [0.717, 1.165) is 0 Å². The van der Waals surface area contributed by atoms with Crippen molar-refractivity contribution in [2.75, 3.05) is 0 Å². The number of para-hydroxylation sites is 8. The highest BCUT2D eigenvalue weighted by Gasteiger charge is 2.36. The summed E-state index contributed by atoms with van der Waals surface area (Å²) in [7, 11) is 0. The number of aromatic nitrogens is 5. The fourth-order valence-electron chi connectivity index (χ4n) is 16.2. The van der Waals surface area contributed by atoms with E-state index in [1.165, 1.54) is 181 Å². The summed E-state index contributed by atoms with van der Waals surface area (Å²) in [5, 5.41) is 18.2. The van der Waals surface area contributed by atoms with Crippen molar-refractivity contribution < 1.29 is 0 Å². The molecule has 0 radical (unpaired) electrons. The maximum atomic E-state index is 2.54. The van der Waals surface area contributed by atoms with Crippen LogP contribution < -0.4 is 0 Å². The van der Waals surface area contributed by atoms with Crippen LogP contribution in [0.15, 0.2) is 273 Å². The van der Waals surface area contributed by atoms with Crippen LogP contribution >= 0.6 is 0 Å². The first-order chi connectivity index (χ1) is 42.5. The summed E-state index contributed by atoms with van der Waals surface area (Å²) in [5.41, 5.74) is 24.2. The van der Waals surface area contributed by atoms with Gasteiger partial charge in [-0.25, -0.2) is 0 Å². The molecule has 13 aromatic carbocycles. The zero-order valence-corrected chi connectivity index (χ0v) is 47.2. The highest BCUT2D eigenvalue weighted by molar-refractivity contribution is 6.32. The molecule has 0 spiro atoms. The maximum Gasteiger partial charge on any atom is 0.0641 e. The second-order valence-electron chi connectivity index (χ2n) is 24.4. The molecular formula is C81H51N5. The van der Waals surface area contributed by atoms with Crippen molar-refractivity contribution in [2.45, 2.75) is 19.3 Å². The summed E-state index contributed by atoms with van der Waals surface area (Å²) in [4.78, 5) is 0. The molecular weight excluding hydrogens is 1040 g/mol. The molecule has 21 rings (SSSR count). The molecule has 400 valence electrons. The molecule has 1 aliphatic rings. The van der Waals surface area contributed by atoms with Crippen molar-refractivity contribution >= 4 is 142 Å². The predicted octanol–water partition coefficient (Wildman–Crippen LogP) is 21.3. The summed E-state index contributed by atoms with van der Waals surface area (Å²) in [6.45, 7) is 4.74. The van der Waals surface area contributed by atoms with Crippen molar-refractivity contribution in [1.29, 1.82) is 0 Å². The van der Waals surface area contributed by atoms with Crippen LogP contribution in [0.4, 0.5) is 0 Å². The van der Waals surface area contributed by atoms with Crippen LogP contribution in [0.2, 0.25) is 0 Å². The number of fused-ring (bicyclic) bond motifs is 25. The van der Waals surface area contributed by atoms with Gasteiger partial charge in [-0.15, -0.1) is 0 Å². The lowest BCUT2D eigenvalue weighted by atomic mass is 9.82. The highest BCUT2D eigenvalue weighted by Crippen LogP contribution is 2.53. The summed E-state index contributed by atoms with van der Waals surface area (Å²) in [6, 6.07) is 101. The predicted molar refractivity (Wildman–Crippen MR) is 363 cm³/mol. The molecule has 0 N–H and O–H groups in total. The number of rotatable bonds is 3. The Bertz CT molecular complexity index is 6250. The molecule has 5 heteroatoms. The zero-order chi connectivity index (χ0) is 56.3. The molecule has 0 fully saturated rings. The molecule has 0 saturated carbocycles. The fourth-order valence-corrected chi connectivity index (χ4v) is 16.2. The van der Waals surface area contributed by atoms with Gasteiger partial charge in [0.1, 0.15) is 0 Å². The molecule has 20 aromatic rings. The summed E-state index contributed by atoms with van der Waals surface area (Å²) in [5.74, 6) is 0. The Morgan fingerprint density at radius 1 is 0.221 bits per heavy atom. The van der Waals surface area contributed by atoms with E-state index in [1.807, 2.05) is 0 Å². The second kappa shape index (κ2) is 16.6. The van der Waals surface area contributed by atoms with Crippen molar-refractivity contribution in [3.05, 3.63) is 284 Å². The summed E-state index contributed by atoms with van der Waals surface area (Å²) in [6.07, 6.45) is 0. The largest absolute Gasteiger partial charge is 0.309 e. The molecule has 7 heterocycles. The Kier molecular flexibility index (Phi) is 8.93. The highest BCUT2D eigenvalue weighted by atomic mass is 15.0. The standard InChI is InChI=1S/C42H25N3.C39H26N2/c1-3-12-26(13-4-1)43-35-20-9-8-17-29(35)33-24-34-30-18-11-19-32-40-37(45(41(30)32)39(34)25-38(33)43)23-22-31-28-16-7-10-21-36(28)44(42(31)40)27-14-5-2-6-15-27;1-39(2)32-17-8-6-13-24(32)28-21-35-31(20-33(28)39)27-16-10-15-26-30-19-29-25-14-7-9-18-34(25)40(23-11-4-3-5-12-23)36(29)22-37(30)41(35)38(26)27/h1-25H;3-22H,1-2H3. The quantitative estimate of drug-likeness (QED) is 0.168. The van der Waals surface area contributed by atoms with Gasteiger partial charge < -0.3 is 22.5 Å². The minimum atomic E-state index is -0.0169. The van der Waals surface area contributed by atoms with Gasteiger partial charge in [-0.2, -0.15) is 0 Å². The summed E-state index contributed by atoms with van der Waals surface area (Å²) >= 11 is 0. The molecule has 0 bridgehead atoms. The van der Waals surface area contributed by atoms with Gasteiger partial charge in [0.05, 0.1) is 66.2 Å². The third-order valence-corrected chi connectivity index (χ3v) is 19.8. The van der Waals surface area contributed by atoms with E-state index in [1.54, 1.807) is 0 Å². The van der Waals surface area contributed by atoms with Crippen LogP contribution in [0.1, 0.15) is 25.0 Å². The van der Waals surface area contributed by atoms with Crippen LogP contribution in [-0.2, 0) is 5.41 Å². The minimum absolute atomic E-state index is 0.0169. The van der Waals surface area contributed by atoms with Gasteiger partial charge >= 0.3 is 0 Å². The third-order valence-electron chi connectivity index (χ3n) is 19.8. The molecule has 1 aliphatic carbocycles. The first kappa shape index (κ1) is 46.4. The van der Waals surface area contributed by atoms with Gasteiger partial charge in [0.25, 0.3) is 0 Å². The van der Waals surface area contributed by atoms with Gasteiger partial charge in [-0.05, 0) is 119 Å². The number of hydrogen-bond acceptors (Lipinski definition) is 0. The van der Waals surface area contributed by atoms with Crippen molar-refractivity contribution in [2.24, 2.45) is 0 Å². The molecule has 0 amide bonds. The first-order valence-electron chi connectivity index (χ1n) is 30.0. The maximum absolute atomic E-state index is 2.54. The second-order valence-corrected chi connectivity index (χ2v) is 24.4. The van der Waals surface area contributed by atoms with E-state index in [-0.39, 0.29) is 5.41 Å². The zero-order valence-electron chi connectivity index (χ0n) is 47.2. The van der Waals surface area contributed by atoms with Gasteiger partial charge in [-0.3, -0.25) is 0 Å². The Labute approximate surface area is 492 Å². The monoisotopic (exact) mass is 1090 g/mol. The van der Waals surface area contributed by atoms with Crippen molar-refractivity contribution in [3.63, 3.8) is 0 Å². The minimum Gasteiger partial charge on any atom is -0.309 e. The first-order valence-corrected chi connectivity index (χ1v) is 30.0. The molecule has 0 saturated heterocycles. The third kappa shape index (κ3) is 5.84. The Morgan fingerprint density at radius 2 is 0.616 bits per heavy atom. The normalized spacial score (nSPS) is 13.3. The average Bonchev–Trinajstić information content (AvgIpc) is 1.74. The molecule has 86 heavy (non-hydrogen) atoms. The van der Waals surface area contributed by atoms with Crippen LogP contribution in [0.25, 0.3) is 170 Å². The van der Waals surface area contributed by atoms with Gasteiger partial charge in [0, 0.05) is 97.9 Å². The van der Waals surface area contributed by atoms with Crippen LogP contribution in [-0.4, -0.2) is 22.5 Å². The Hall–Kier alpha value is -11.1. The Morgan fingerprint density at radius 3 is 1.19 bits per heavy atom.